The van der Waals surface area contributed by atoms with E-state index in [-0.39, 0.29) is 29.6 Å². The van der Waals surface area contributed by atoms with E-state index < -0.39 is 18.0 Å². The normalized spacial score (nSPS) is 23.4. The maximum Gasteiger partial charge on any atom is 0.287 e. The summed E-state index contributed by atoms with van der Waals surface area (Å²) in [5, 5.41) is 40.0. The van der Waals surface area contributed by atoms with Crippen LogP contribution >= 0.6 is 0 Å². The zero-order valence-corrected chi connectivity index (χ0v) is 28.5. The van der Waals surface area contributed by atoms with Gasteiger partial charge in [-0.25, -0.2) is 0 Å². The molecule has 2 aliphatic carbocycles. The molecule has 5 heteroatoms. The fraction of sp³-hybridized carbons (Fsp3) is 0.425. The van der Waals surface area contributed by atoms with Crippen molar-refractivity contribution in [3.63, 3.8) is 0 Å². The molecule has 0 amide bonds. The van der Waals surface area contributed by atoms with Crippen LogP contribution in [0, 0.1) is 10.8 Å². The summed E-state index contributed by atoms with van der Waals surface area (Å²) in [5.74, 6) is -3.31. The molecule has 4 N–H and O–H groups in total. The SMILES string of the molecule is CC1=C(/C=C/C(C)=C/C=C/C(C)=C/C=C/C=C(C)/C=C/C=C(C)/C=C/C2=C(C)C(=O)CC[C@]2(CO)C(O)(O)O)C(C)(C)CCC1. The average Bonchev–Trinajstić information content (AvgIpc) is 2.95. The summed E-state index contributed by atoms with van der Waals surface area (Å²) in [5.41, 5.74) is 6.28. The molecule has 0 bridgehead atoms. The molecule has 2 aliphatic rings. The molecular formula is C40H54O5. The molecule has 0 aromatic heterocycles. The van der Waals surface area contributed by atoms with Gasteiger partial charge in [-0.15, -0.1) is 0 Å². The Morgan fingerprint density at radius 1 is 0.711 bits per heavy atom. The molecular weight excluding hydrogens is 560 g/mol. The largest absolute Gasteiger partial charge is 0.395 e. The van der Waals surface area contributed by atoms with Gasteiger partial charge in [0.2, 0.25) is 0 Å². The monoisotopic (exact) mass is 614 g/mol. The second kappa shape index (κ2) is 16.8. The van der Waals surface area contributed by atoms with Gasteiger partial charge in [-0.05, 0) is 89.4 Å². The van der Waals surface area contributed by atoms with Gasteiger partial charge in [0.15, 0.2) is 5.78 Å². The fourth-order valence-corrected chi connectivity index (χ4v) is 5.84. The zero-order valence-electron chi connectivity index (χ0n) is 28.5. The highest BCUT2D eigenvalue weighted by atomic mass is 16.7. The molecule has 0 spiro atoms. The van der Waals surface area contributed by atoms with Gasteiger partial charge < -0.3 is 20.4 Å². The van der Waals surface area contributed by atoms with Crippen LogP contribution in [0.4, 0.5) is 0 Å². The minimum absolute atomic E-state index is 0.0170. The molecule has 244 valence electrons. The van der Waals surface area contributed by atoms with Gasteiger partial charge in [-0.2, -0.15) is 0 Å². The van der Waals surface area contributed by atoms with E-state index in [1.54, 1.807) is 19.1 Å². The van der Waals surface area contributed by atoms with Gasteiger partial charge in [0.25, 0.3) is 5.97 Å². The van der Waals surface area contributed by atoms with E-state index in [1.165, 1.54) is 36.0 Å². The molecule has 0 fully saturated rings. The molecule has 45 heavy (non-hydrogen) atoms. The second-order valence-corrected chi connectivity index (χ2v) is 13.2. The molecule has 0 aromatic rings. The smallest absolute Gasteiger partial charge is 0.287 e. The lowest BCUT2D eigenvalue weighted by atomic mass is 9.68. The summed E-state index contributed by atoms with van der Waals surface area (Å²) in [7, 11) is 0. The van der Waals surface area contributed by atoms with Crippen molar-refractivity contribution in [1.29, 1.82) is 0 Å². The highest BCUT2D eigenvalue weighted by Gasteiger charge is 2.53. The van der Waals surface area contributed by atoms with E-state index in [9.17, 15) is 25.2 Å². The summed E-state index contributed by atoms with van der Waals surface area (Å²) in [6.07, 6.45) is 31.6. The lowest BCUT2D eigenvalue weighted by Crippen LogP contribution is -2.53. The highest BCUT2D eigenvalue weighted by Crippen LogP contribution is 2.46. The first kappa shape index (κ1) is 37.8. The Balaban J connectivity index is 1.99. The summed E-state index contributed by atoms with van der Waals surface area (Å²) < 4.78 is 0. The van der Waals surface area contributed by atoms with Gasteiger partial charge in [0.05, 0.1) is 6.61 Å². The third-order valence-electron chi connectivity index (χ3n) is 8.86. The number of hydrogen-bond donors (Lipinski definition) is 4. The highest BCUT2D eigenvalue weighted by molar-refractivity contribution is 5.97. The number of hydrogen-bond acceptors (Lipinski definition) is 5. The van der Waals surface area contributed by atoms with Crippen LogP contribution in [0.5, 0.6) is 0 Å². The van der Waals surface area contributed by atoms with E-state index >= 15 is 0 Å². The van der Waals surface area contributed by atoms with Crippen molar-refractivity contribution in [3.05, 3.63) is 130 Å². The Hall–Kier alpha value is -3.35. The van der Waals surface area contributed by atoms with Crippen molar-refractivity contribution < 1.29 is 25.2 Å². The molecule has 0 saturated carbocycles. The van der Waals surface area contributed by atoms with Gasteiger partial charge in [-0.3, -0.25) is 4.79 Å². The van der Waals surface area contributed by atoms with Crippen molar-refractivity contribution in [2.24, 2.45) is 10.8 Å². The Bertz CT molecular complexity index is 1420. The molecule has 0 heterocycles. The summed E-state index contributed by atoms with van der Waals surface area (Å²) in [6, 6.07) is 0. The van der Waals surface area contributed by atoms with Crippen molar-refractivity contribution in [1.82, 2.24) is 0 Å². The Morgan fingerprint density at radius 3 is 1.64 bits per heavy atom. The van der Waals surface area contributed by atoms with E-state index in [1.807, 2.05) is 50.3 Å². The lowest BCUT2D eigenvalue weighted by molar-refractivity contribution is -0.371. The number of ketones is 1. The molecule has 1 atom stereocenters. The first-order valence-electron chi connectivity index (χ1n) is 15.8. The minimum atomic E-state index is -3.16. The maximum atomic E-state index is 12.3. The van der Waals surface area contributed by atoms with Crippen molar-refractivity contribution >= 4 is 5.78 Å². The Morgan fingerprint density at radius 2 is 1.18 bits per heavy atom. The molecule has 5 nitrogen and oxygen atoms in total. The minimum Gasteiger partial charge on any atom is -0.395 e. The fourth-order valence-electron chi connectivity index (χ4n) is 5.84. The van der Waals surface area contributed by atoms with Crippen LogP contribution in [0.15, 0.2) is 130 Å². The standard InChI is InChI=1S/C40H54O5/c1-29(16-11-18-31(3)21-23-35-33(5)20-13-26-38(35,7)8)14-9-10-15-30(2)17-12-19-32(4)22-24-36-34(6)37(42)25-27-39(36,28-41)40(43,44)45/h9-12,14-19,21-24,41,43-45H,13,20,25-28H2,1-8H3/b10-9+,16-11+,17-12+,23-21+,24-22+,29-14+,30-15+,31-18+,32-19+/t39-/m1/s1. The van der Waals surface area contributed by atoms with E-state index in [0.717, 1.165) is 16.7 Å². The number of Topliss-reactive ketones (excluding diaryl/α,β-unsaturated/α-hetero) is 1. The number of allylic oxidation sites excluding steroid dienone is 21. The predicted molar refractivity (Wildman–Crippen MR) is 187 cm³/mol. The van der Waals surface area contributed by atoms with Crippen molar-refractivity contribution in [2.45, 2.75) is 93.5 Å². The predicted octanol–water partition coefficient (Wildman–Crippen LogP) is 8.37. The molecule has 0 aromatic carbocycles. The Kier molecular flexibility index (Phi) is 14.1. The summed E-state index contributed by atoms with van der Waals surface area (Å²) in [6.45, 7) is 15.9. The second-order valence-electron chi connectivity index (χ2n) is 13.2. The summed E-state index contributed by atoms with van der Waals surface area (Å²) >= 11 is 0. The Labute approximate surface area is 271 Å². The van der Waals surface area contributed by atoms with Crippen LogP contribution in [0.1, 0.15) is 87.5 Å². The lowest BCUT2D eigenvalue weighted by Gasteiger charge is -2.42. The maximum absolute atomic E-state index is 12.3. The van der Waals surface area contributed by atoms with E-state index in [2.05, 4.69) is 71.1 Å². The van der Waals surface area contributed by atoms with Gasteiger partial charge in [-0.1, -0.05) is 127 Å². The van der Waals surface area contributed by atoms with Crippen LogP contribution in [0.3, 0.4) is 0 Å². The van der Waals surface area contributed by atoms with Crippen LogP contribution in [0.2, 0.25) is 0 Å². The molecule has 0 saturated heterocycles. The number of aliphatic hydroxyl groups excluding tert-OH is 1. The van der Waals surface area contributed by atoms with E-state index in [4.69, 9.17) is 0 Å². The molecule has 2 rings (SSSR count). The number of rotatable bonds is 12. The van der Waals surface area contributed by atoms with E-state index in [0.29, 0.717) is 5.57 Å². The van der Waals surface area contributed by atoms with Gasteiger partial charge in [0.1, 0.15) is 5.41 Å². The third kappa shape index (κ3) is 10.9. The first-order valence-corrected chi connectivity index (χ1v) is 15.8. The topological polar surface area (TPSA) is 98.0 Å². The number of aliphatic hydroxyl groups is 4. The van der Waals surface area contributed by atoms with Crippen molar-refractivity contribution in [2.75, 3.05) is 6.61 Å². The number of carbonyl (C=O) groups excluding carboxylic acids is 1. The zero-order chi connectivity index (χ0) is 33.8. The van der Waals surface area contributed by atoms with Crippen LogP contribution < -0.4 is 0 Å². The van der Waals surface area contributed by atoms with Crippen molar-refractivity contribution in [3.8, 4) is 0 Å². The third-order valence-corrected chi connectivity index (χ3v) is 8.86. The van der Waals surface area contributed by atoms with Crippen LogP contribution in [-0.2, 0) is 4.79 Å². The average molecular weight is 615 g/mol. The molecule has 0 aliphatic heterocycles. The van der Waals surface area contributed by atoms with Gasteiger partial charge in [0, 0.05) is 6.42 Å². The van der Waals surface area contributed by atoms with Crippen LogP contribution in [-0.4, -0.2) is 38.8 Å². The number of carbonyl (C=O) groups is 1. The first-order chi connectivity index (χ1) is 21.0. The van der Waals surface area contributed by atoms with Gasteiger partial charge >= 0.3 is 0 Å². The quantitative estimate of drug-likeness (QED) is 0.131. The molecule has 0 radical (unpaired) electrons. The van der Waals surface area contributed by atoms with Crippen LogP contribution in [0.25, 0.3) is 0 Å². The summed E-state index contributed by atoms with van der Waals surface area (Å²) in [4.78, 5) is 12.3. The molecule has 0 unspecified atom stereocenters.